The lowest BCUT2D eigenvalue weighted by Crippen LogP contribution is -2.66. The minimum atomic E-state index is -0.805. The molecule has 0 radical (unpaired) electrons. The summed E-state index contributed by atoms with van der Waals surface area (Å²) < 4.78 is 34.8. The van der Waals surface area contributed by atoms with Crippen LogP contribution in [0.1, 0.15) is 54.0 Å². The topological polar surface area (TPSA) is 117 Å². The summed E-state index contributed by atoms with van der Waals surface area (Å²) in [5.41, 5.74) is 2.36. The van der Waals surface area contributed by atoms with Crippen LogP contribution >= 0.6 is 0 Å². The van der Waals surface area contributed by atoms with Gasteiger partial charge in [0, 0.05) is 29.9 Å². The third-order valence-electron chi connectivity index (χ3n) is 7.23. The fraction of sp³-hybridized carbons (Fsp3) is 0.531. The van der Waals surface area contributed by atoms with Crippen LogP contribution in [-0.4, -0.2) is 72.7 Å². The van der Waals surface area contributed by atoms with Gasteiger partial charge in [-0.05, 0) is 84.7 Å². The molecule has 2 aromatic carbocycles. The van der Waals surface area contributed by atoms with Crippen molar-refractivity contribution in [1.82, 2.24) is 15.5 Å². The largest absolute Gasteiger partial charge is 0.490 e. The van der Waals surface area contributed by atoms with Crippen molar-refractivity contribution in [3.05, 3.63) is 42.0 Å². The predicted octanol–water partition coefficient (Wildman–Crippen LogP) is 5.61. The zero-order chi connectivity index (χ0) is 30.8. The number of aromatic nitrogens is 2. The van der Waals surface area contributed by atoms with Gasteiger partial charge in [-0.3, -0.25) is 0 Å². The molecule has 3 heterocycles. The molecular formula is C32H42N4O7. The van der Waals surface area contributed by atoms with Gasteiger partial charge in [0.2, 0.25) is 5.82 Å². The molecule has 2 aliphatic heterocycles. The molecule has 0 saturated carbocycles. The number of hydrogen-bond donors (Lipinski definition) is 1. The molecule has 0 unspecified atom stereocenters. The van der Waals surface area contributed by atoms with Crippen LogP contribution in [0.25, 0.3) is 22.8 Å². The minimum Gasteiger partial charge on any atom is -0.490 e. The number of fused-ring (bicyclic) bond motifs is 1. The summed E-state index contributed by atoms with van der Waals surface area (Å²) in [6.07, 6.45) is 0.275. The van der Waals surface area contributed by atoms with Crippen LogP contribution in [-0.2, 0) is 20.6 Å². The Hall–Kier alpha value is -3.83. The molecule has 0 aliphatic carbocycles. The number of ether oxygens (including phenoxy) is 5. The van der Waals surface area contributed by atoms with Crippen molar-refractivity contribution >= 4 is 11.8 Å². The second-order valence-corrected chi connectivity index (χ2v) is 12.3. The first-order chi connectivity index (χ1) is 20.4. The van der Waals surface area contributed by atoms with E-state index in [1.54, 1.807) is 0 Å². The molecule has 0 atom stereocenters. The van der Waals surface area contributed by atoms with E-state index in [0.717, 1.165) is 35.3 Å². The van der Waals surface area contributed by atoms with E-state index >= 15 is 0 Å². The molecule has 232 valence electrons. The van der Waals surface area contributed by atoms with Gasteiger partial charge >= 0.3 is 6.09 Å². The highest BCUT2D eigenvalue weighted by Crippen LogP contribution is 2.38. The van der Waals surface area contributed by atoms with Gasteiger partial charge in [0.1, 0.15) is 11.1 Å². The highest BCUT2D eigenvalue weighted by Gasteiger charge is 2.44. The molecule has 3 aromatic rings. The molecule has 43 heavy (non-hydrogen) atoms. The van der Waals surface area contributed by atoms with Gasteiger partial charge in [-0.15, -0.1) is 0 Å². The van der Waals surface area contributed by atoms with Crippen molar-refractivity contribution in [2.24, 2.45) is 0 Å². The van der Waals surface area contributed by atoms with Crippen molar-refractivity contribution in [2.75, 3.05) is 44.4 Å². The Morgan fingerprint density at radius 3 is 2.47 bits per heavy atom. The summed E-state index contributed by atoms with van der Waals surface area (Å²) in [5.74, 6) is 1.47. The van der Waals surface area contributed by atoms with E-state index in [4.69, 9.17) is 33.2 Å². The second kappa shape index (κ2) is 12.0. The van der Waals surface area contributed by atoms with E-state index < -0.39 is 23.0 Å². The third-order valence-corrected chi connectivity index (χ3v) is 7.23. The monoisotopic (exact) mass is 594 g/mol. The molecule has 0 bridgehead atoms. The standard InChI is InChI=1S/C32H42N4O7/c1-8-38-25-14-13-21(17-26(25)39-9-2)28-33-27(35-43-28)23-11-10-12-24-22(23)15-16-36(24)18-32(19-40-31(6,7)41-20-32)34-29(37)42-30(3,4)5/h10-14,17H,8-9,15-16,18-20H2,1-7H3,(H,34,37). The number of nitrogens with zero attached hydrogens (tertiary/aromatic N) is 3. The van der Waals surface area contributed by atoms with Crippen LogP contribution in [0.15, 0.2) is 40.9 Å². The number of nitrogens with one attached hydrogen (secondary N) is 1. The highest BCUT2D eigenvalue weighted by atomic mass is 16.7. The lowest BCUT2D eigenvalue weighted by atomic mass is 9.99. The van der Waals surface area contributed by atoms with E-state index in [0.29, 0.717) is 43.0 Å². The first kappa shape index (κ1) is 30.6. The maximum Gasteiger partial charge on any atom is 0.408 e. The zero-order valence-corrected chi connectivity index (χ0v) is 26.1. The van der Waals surface area contributed by atoms with Gasteiger partial charge in [-0.25, -0.2) is 4.79 Å². The lowest BCUT2D eigenvalue weighted by Gasteiger charge is -2.45. The van der Waals surface area contributed by atoms with E-state index in [-0.39, 0.29) is 13.2 Å². The van der Waals surface area contributed by atoms with Crippen molar-refractivity contribution in [2.45, 2.75) is 71.8 Å². The maximum absolute atomic E-state index is 12.9. The fourth-order valence-electron chi connectivity index (χ4n) is 5.30. The van der Waals surface area contributed by atoms with E-state index in [1.165, 1.54) is 0 Å². The Kier molecular flexibility index (Phi) is 8.58. The molecule has 1 aromatic heterocycles. The number of carbonyl (C=O) groups is 1. The van der Waals surface area contributed by atoms with Crippen LogP contribution in [0.5, 0.6) is 11.5 Å². The second-order valence-electron chi connectivity index (χ2n) is 12.3. The highest BCUT2D eigenvalue weighted by molar-refractivity contribution is 5.74. The van der Waals surface area contributed by atoms with Crippen LogP contribution in [0.2, 0.25) is 0 Å². The summed E-state index contributed by atoms with van der Waals surface area (Å²) in [7, 11) is 0. The Morgan fingerprint density at radius 2 is 1.77 bits per heavy atom. The SMILES string of the molecule is CCOc1ccc(-c2nc(-c3cccc4c3CCN4CC3(NC(=O)OC(C)(C)C)COC(C)(C)OC3)no2)cc1OCC. The Balaban J connectivity index is 1.39. The van der Waals surface area contributed by atoms with E-state index in [9.17, 15) is 4.79 Å². The molecular weight excluding hydrogens is 552 g/mol. The molecule has 5 rings (SSSR count). The Bertz CT molecular complexity index is 1440. The van der Waals surface area contributed by atoms with Crippen LogP contribution < -0.4 is 19.7 Å². The maximum atomic E-state index is 12.9. The Labute approximate surface area is 252 Å². The minimum absolute atomic E-state index is 0.283. The lowest BCUT2D eigenvalue weighted by molar-refractivity contribution is -0.269. The van der Waals surface area contributed by atoms with Gasteiger partial charge in [-0.2, -0.15) is 4.98 Å². The average Bonchev–Trinajstić information content (AvgIpc) is 3.59. The quantitative estimate of drug-likeness (QED) is 0.335. The normalized spacial score (nSPS) is 17.3. The third kappa shape index (κ3) is 7.05. The summed E-state index contributed by atoms with van der Waals surface area (Å²) in [5, 5.41) is 7.39. The summed E-state index contributed by atoms with van der Waals surface area (Å²) in [4.78, 5) is 19.9. The summed E-state index contributed by atoms with van der Waals surface area (Å²) in [6.45, 7) is 15.9. The van der Waals surface area contributed by atoms with Crippen molar-refractivity contribution in [3.63, 3.8) is 0 Å². The average molecular weight is 595 g/mol. The molecule has 2 aliphatic rings. The van der Waals surface area contributed by atoms with Gasteiger partial charge in [-0.1, -0.05) is 17.3 Å². The summed E-state index contributed by atoms with van der Waals surface area (Å²) >= 11 is 0. The molecule has 1 amide bonds. The molecule has 11 heteroatoms. The molecule has 1 saturated heterocycles. The number of carbonyl (C=O) groups excluding carboxylic acids is 1. The first-order valence-corrected chi connectivity index (χ1v) is 14.8. The van der Waals surface area contributed by atoms with Crippen LogP contribution in [0.4, 0.5) is 10.5 Å². The van der Waals surface area contributed by atoms with Crippen molar-refractivity contribution < 1.29 is 33.0 Å². The molecule has 1 fully saturated rings. The molecule has 0 spiro atoms. The summed E-state index contributed by atoms with van der Waals surface area (Å²) in [6, 6.07) is 11.7. The zero-order valence-electron chi connectivity index (χ0n) is 26.1. The molecule has 11 nitrogen and oxygen atoms in total. The number of hydrogen-bond acceptors (Lipinski definition) is 10. The number of amides is 1. The fourth-order valence-corrected chi connectivity index (χ4v) is 5.30. The van der Waals surface area contributed by atoms with Gasteiger partial charge in [0.15, 0.2) is 17.3 Å². The van der Waals surface area contributed by atoms with E-state index in [2.05, 4.69) is 21.4 Å². The van der Waals surface area contributed by atoms with Gasteiger partial charge in [0.05, 0.1) is 26.4 Å². The van der Waals surface area contributed by atoms with Crippen LogP contribution in [0.3, 0.4) is 0 Å². The number of anilines is 1. The van der Waals surface area contributed by atoms with Gasteiger partial charge < -0.3 is 38.4 Å². The molecule has 1 N–H and O–H groups in total. The Morgan fingerprint density at radius 1 is 1.05 bits per heavy atom. The smallest absolute Gasteiger partial charge is 0.408 e. The first-order valence-electron chi connectivity index (χ1n) is 14.8. The predicted molar refractivity (Wildman–Crippen MR) is 162 cm³/mol. The van der Waals surface area contributed by atoms with E-state index in [1.807, 2.05) is 78.8 Å². The number of alkyl carbamates (subject to hydrolysis) is 1. The van der Waals surface area contributed by atoms with Crippen molar-refractivity contribution in [3.8, 4) is 34.3 Å². The van der Waals surface area contributed by atoms with Gasteiger partial charge in [0.25, 0.3) is 5.89 Å². The number of benzene rings is 2. The van der Waals surface area contributed by atoms with Crippen molar-refractivity contribution in [1.29, 1.82) is 0 Å². The number of rotatable bonds is 9. The van der Waals surface area contributed by atoms with Crippen LogP contribution in [0, 0.1) is 0 Å².